The van der Waals surface area contributed by atoms with Crippen LogP contribution in [-0.4, -0.2) is 25.8 Å². The maximum atomic E-state index is 13.8. The zero-order valence-corrected chi connectivity index (χ0v) is 18.1. The lowest BCUT2D eigenvalue weighted by atomic mass is 10.0. The molecule has 1 N–H and O–H groups in total. The normalized spacial score (nSPS) is 15.0. The fourth-order valence-corrected chi connectivity index (χ4v) is 4.98. The Balaban J connectivity index is 2.40. The number of anilines is 1. The summed E-state index contributed by atoms with van der Waals surface area (Å²) in [7, 11) is 0.416. The average molecular weight is 389 g/mol. The first-order valence-electron chi connectivity index (χ1n) is 9.45. The van der Waals surface area contributed by atoms with Crippen molar-refractivity contribution >= 4 is 18.4 Å². The molecule has 0 saturated carbocycles. The molecule has 0 amide bonds. The smallest absolute Gasteiger partial charge is 0.264 e. The predicted molar refractivity (Wildman–Crippen MR) is 114 cm³/mol. The van der Waals surface area contributed by atoms with E-state index in [9.17, 15) is 9.67 Å². The molecule has 148 valence electrons. The molecule has 0 unspecified atom stereocenters. The number of rotatable bonds is 8. The van der Waals surface area contributed by atoms with Crippen LogP contribution in [0.15, 0.2) is 48.5 Å². The van der Waals surface area contributed by atoms with E-state index in [-0.39, 0.29) is 5.92 Å². The van der Waals surface area contributed by atoms with Crippen molar-refractivity contribution in [1.29, 1.82) is 0 Å². The van der Waals surface area contributed by atoms with Crippen LogP contribution < -0.4 is 10.2 Å². The first-order chi connectivity index (χ1) is 12.6. The second kappa shape index (κ2) is 9.05. The minimum Gasteiger partial charge on any atom is -0.378 e. The van der Waals surface area contributed by atoms with Crippen LogP contribution in [0.5, 0.6) is 0 Å². The molecule has 0 aliphatic heterocycles. The van der Waals surface area contributed by atoms with Crippen molar-refractivity contribution < 1.29 is 14.2 Å². The van der Waals surface area contributed by atoms with Crippen LogP contribution in [0.25, 0.3) is 0 Å². The Kier molecular flexibility index (Phi) is 7.27. The minimum absolute atomic E-state index is 0.217. The quantitative estimate of drug-likeness (QED) is 0.635. The van der Waals surface area contributed by atoms with Gasteiger partial charge in [0.2, 0.25) is 0 Å². The number of hydrogen-bond donors (Lipinski definition) is 1. The topological polar surface area (TPSA) is 49.8 Å². The van der Waals surface area contributed by atoms with E-state index in [1.165, 1.54) is 5.56 Å². The molecule has 2 aromatic rings. The molecule has 0 spiro atoms. The van der Waals surface area contributed by atoms with Gasteiger partial charge in [0, 0.05) is 25.1 Å². The van der Waals surface area contributed by atoms with Gasteiger partial charge in [-0.3, -0.25) is 4.57 Å². The van der Waals surface area contributed by atoms with Gasteiger partial charge >= 0.3 is 0 Å². The van der Waals surface area contributed by atoms with Gasteiger partial charge in [-0.25, -0.2) is 0 Å². The summed E-state index contributed by atoms with van der Waals surface area (Å²) in [6.07, 6.45) is 0. The van der Waals surface area contributed by atoms with Crippen molar-refractivity contribution in [1.82, 2.24) is 0 Å². The van der Waals surface area contributed by atoms with Gasteiger partial charge in [-0.2, -0.15) is 0 Å². The SMILES string of the molecule is CC(C)CO[P@@](=O)(c1ccc(N(C)C)cc1)[C@@H](O)c1ccc(C(C)C)cc1. The van der Waals surface area contributed by atoms with Gasteiger partial charge in [0.15, 0.2) is 5.85 Å². The number of hydrogen-bond acceptors (Lipinski definition) is 4. The molecule has 2 aromatic carbocycles. The Hall–Kier alpha value is -1.61. The lowest BCUT2D eigenvalue weighted by molar-refractivity contribution is 0.203. The fourth-order valence-electron chi connectivity index (χ4n) is 2.75. The second-order valence-electron chi connectivity index (χ2n) is 7.89. The predicted octanol–water partition coefficient (Wildman–Crippen LogP) is 5.14. The molecule has 0 heterocycles. The molecule has 0 aliphatic rings. The monoisotopic (exact) mass is 389 g/mol. The van der Waals surface area contributed by atoms with Gasteiger partial charge in [0.05, 0.1) is 6.61 Å². The maximum absolute atomic E-state index is 13.8. The first-order valence-corrected chi connectivity index (χ1v) is 11.1. The maximum Gasteiger partial charge on any atom is 0.264 e. The summed E-state index contributed by atoms with van der Waals surface area (Å²) in [6, 6.07) is 15.0. The van der Waals surface area contributed by atoms with E-state index in [4.69, 9.17) is 4.52 Å². The Morgan fingerprint density at radius 1 is 0.926 bits per heavy atom. The molecule has 0 bridgehead atoms. The van der Waals surface area contributed by atoms with E-state index in [0.29, 0.717) is 23.4 Å². The minimum atomic E-state index is -3.49. The van der Waals surface area contributed by atoms with E-state index < -0.39 is 13.2 Å². The van der Waals surface area contributed by atoms with Gasteiger partial charge in [-0.15, -0.1) is 0 Å². The number of benzene rings is 2. The highest BCUT2D eigenvalue weighted by molar-refractivity contribution is 7.67. The molecular formula is C22H32NO3P. The molecule has 0 saturated heterocycles. The van der Waals surface area contributed by atoms with E-state index >= 15 is 0 Å². The highest BCUT2D eigenvalue weighted by atomic mass is 31.2. The van der Waals surface area contributed by atoms with E-state index in [2.05, 4.69) is 13.8 Å². The van der Waals surface area contributed by atoms with Crippen molar-refractivity contribution in [3.63, 3.8) is 0 Å². The molecule has 0 aliphatic carbocycles. The summed E-state index contributed by atoms with van der Waals surface area (Å²) in [5.74, 6) is -0.573. The highest BCUT2D eigenvalue weighted by Gasteiger charge is 2.36. The Bertz CT molecular complexity index is 767. The van der Waals surface area contributed by atoms with Crippen molar-refractivity contribution in [3.8, 4) is 0 Å². The van der Waals surface area contributed by atoms with Crippen LogP contribution in [0.3, 0.4) is 0 Å². The third-order valence-corrected chi connectivity index (χ3v) is 7.04. The molecule has 4 nitrogen and oxygen atoms in total. The largest absolute Gasteiger partial charge is 0.378 e. The molecule has 27 heavy (non-hydrogen) atoms. The summed E-state index contributed by atoms with van der Waals surface area (Å²) in [4.78, 5) is 1.98. The Labute approximate surface area is 163 Å². The van der Waals surface area contributed by atoms with Crippen molar-refractivity contribution in [3.05, 3.63) is 59.7 Å². The summed E-state index contributed by atoms with van der Waals surface area (Å²) >= 11 is 0. The van der Waals surface area contributed by atoms with Gasteiger partial charge in [0.1, 0.15) is 0 Å². The number of aliphatic hydroxyl groups excluding tert-OH is 1. The van der Waals surface area contributed by atoms with Crippen LogP contribution in [0.2, 0.25) is 0 Å². The lowest BCUT2D eigenvalue weighted by Crippen LogP contribution is -2.17. The Morgan fingerprint density at radius 2 is 1.44 bits per heavy atom. The summed E-state index contributed by atoms with van der Waals surface area (Å²) in [5, 5.41) is 11.6. The van der Waals surface area contributed by atoms with Crippen molar-refractivity contribution in [2.45, 2.75) is 39.5 Å². The highest BCUT2D eigenvalue weighted by Crippen LogP contribution is 2.58. The fraction of sp³-hybridized carbons (Fsp3) is 0.455. The van der Waals surface area contributed by atoms with Gasteiger partial charge in [-0.1, -0.05) is 52.0 Å². The number of nitrogens with zero attached hydrogens (tertiary/aromatic N) is 1. The standard InChI is InChI=1S/C22H32NO3P/c1-16(2)15-26-27(25,21-13-11-20(12-14-21)23(5)6)22(24)19-9-7-18(8-10-19)17(3)4/h7-14,16-17,22,24H,15H2,1-6H3/t22-,27+/m1/s1. The molecule has 2 atom stereocenters. The lowest BCUT2D eigenvalue weighted by Gasteiger charge is -2.26. The third-order valence-electron chi connectivity index (χ3n) is 4.55. The zero-order valence-electron chi connectivity index (χ0n) is 17.2. The molecule has 0 fully saturated rings. The third kappa shape index (κ3) is 5.22. The van der Waals surface area contributed by atoms with Crippen LogP contribution in [-0.2, 0) is 9.09 Å². The van der Waals surface area contributed by atoms with Crippen molar-refractivity contribution in [2.75, 3.05) is 25.6 Å². The molecular weight excluding hydrogens is 357 g/mol. The summed E-state index contributed by atoms with van der Waals surface area (Å²) in [5.41, 5.74) is 2.80. The molecule has 0 aromatic heterocycles. The van der Waals surface area contributed by atoms with Gasteiger partial charge in [-0.05, 0) is 47.2 Å². The van der Waals surface area contributed by atoms with E-state index in [1.807, 2.05) is 69.2 Å². The van der Waals surface area contributed by atoms with Crippen molar-refractivity contribution in [2.24, 2.45) is 5.92 Å². The molecule has 0 radical (unpaired) electrons. The second-order valence-corrected chi connectivity index (χ2v) is 10.4. The van der Waals surface area contributed by atoms with E-state index in [1.54, 1.807) is 12.1 Å². The zero-order chi connectivity index (χ0) is 20.2. The number of aliphatic hydroxyl groups is 1. The molecule has 5 heteroatoms. The molecule has 2 rings (SSSR count). The van der Waals surface area contributed by atoms with Gasteiger partial charge in [0.25, 0.3) is 7.37 Å². The van der Waals surface area contributed by atoms with E-state index in [0.717, 1.165) is 5.69 Å². The van der Waals surface area contributed by atoms with Crippen LogP contribution in [0.4, 0.5) is 5.69 Å². The summed E-state index contributed by atoms with van der Waals surface area (Å²) < 4.78 is 19.7. The first kappa shape index (κ1) is 21.7. The Morgan fingerprint density at radius 3 is 1.89 bits per heavy atom. The van der Waals surface area contributed by atoms with Crippen LogP contribution in [0.1, 0.15) is 50.6 Å². The van der Waals surface area contributed by atoms with Crippen LogP contribution >= 0.6 is 7.37 Å². The van der Waals surface area contributed by atoms with Gasteiger partial charge < -0.3 is 14.5 Å². The van der Waals surface area contributed by atoms with Crippen LogP contribution in [0, 0.1) is 5.92 Å². The average Bonchev–Trinajstić information content (AvgIpc) is 2.65. The summed E-state index contributed by atoms with van der Waals surface area (Å²) in [6.45, 7) is 8.57.